The third-order valence-electron chi connectivity index (χ3n) is 2.27. The van der Waals surface area contributed by atoms with Crippen LogP contribution < -0.4 is 5.73 Å². The molecule has 0 spiro atoms. The van der Waals surface area contributed by atoms with Gasteiger partial charge in [0.15, 0.2) is 0 Å². The molecule has 0 aliphatic rings. The second-order valence-corrected chi connectivity index (χ2v) is 4.17. The van der Waals surface area contributed by atoms with Crippen LogP contribution in [0, 0.1) is 0 Å². The van der Waals surface area contributed by atoms with Gasteiger partial charge in [0, 0.05) is 16.7 Å². The molecular weight excluding hydrogens is 218 g/mol. The first-order chi connectivity index (χ1) is 7.83. The minimum Gasteiger partial charge on any atom is -0.324 e. The Morgan fingerprint density at radius 3 is 2.56 bits per heavy atom. The minimum atomic E-state index is 0.372. The van der Waals surface area contributed by atoms with Gasteiger partial charge in [-0.2, -0.15) is 0 Å². The van der Waals surface area contributed by atoms with E-state index in [0.29, 0.717) is 12.4 Å². The molecule has 82 valence electrons. The largest absolute Gasteiger partial charge is 0.324 e. The van der Waals surface area contributed by atoms with Crippen LogP contribution in [0.4, 0.5) is 0 Å². The number of nitrogens with two attached hydrogens (primary N) is 1. The lowest BCUT2D eigenvalue weighted by molar-refractivity contribution is 0.912. The fourth-order valence-electron chi connectivity index (χ4n) is 1.42. The molecule has 1 heterocycles. The molecule has 0 aliphatic carbocycles. The van der Waals surface area contributed by atoms with Gasteiger partial charge >= 0.3 is 0 Å². The maximum absolute atomic E-state index is 5.51. The quantitative estimate of drug-likeness (QED) is 0.824. The van der Waals surface area contributed by atoms with Crippen LogP contribution >= 0.6 is 11.8 Å². The highest BCUT2D eigenvalue weighted by molar-refractivity contribution is 7.98. The fraction of sp³-hybridized carbons (Fsp3) is 0.167. The molecule has 4 heteroatoms. The first-order valence-electron chi connectivity index (χ1n) is 5.00. The topological polar surface area (TPSA) is 51.8 Å². The molecule has 0 fully saturated rings. The van der Waals surface area contributed by atoms with E-state index in [4.69, 9.17) is 5.73 Å². The number of hydrogen-bond donors (Lipinski definition) is 1. The molecule has 3 nitrogen and oxygen atoms in total. The maximum Gasteiger partial charge on any atom is 0.142 e. The summed E-state index contributed by atoms with van der Waals surface area (Å²) >= 11 is 1.73. The number of nitrogens with zero attached hydrogens (tertiary/aromatic N) is 2. The maximum atomic E-state index is 5.51. The van der Waals surface area contributed by atoms with Gasteiger partial charge in [0.05, 0.1) is 12.2 Å². The van der Waals surface area contributed by atoms with Crippen molar-refractivity contribution in [3.63, 3.8) is 0 Å². The molecule has 0 saturated carbocycles. The lowest BCUT2D eigenvalue weighted by atomic mass is 10.1. The number of aromatic nitrogens is 2. The summed E-state index contributed by atoms with van der Waals surface area (Å²) in [5.74, 6) is 0.673. The molecule has 16 heavy (non-hydrogen) atoms. The lowest BCUT2D eigenvalue weighted by Gasteiger charge is -2.03. The van der Waals surface area contributed by atoms with Gasteiger partial charge in [0.1, 0.15) is 5.82 Å². The second-order valence-electron chi connectivity index (χ2n) is 3.29. The minimum absolute atomic E-state index is 0.372. The van der Waals surface area contributed by atoms with Crippen molar-refractivity contribution in [2.24, 2.45) is 5.73 Å². The molecule has 0 radical (unpaired) electrons. The Labute approximate surface area is 99.1 Å². The average molecular weight is 231 g/mol. The van der Waals surface area contributed by atoms with Gasteiger partial charge in [-0.1, -0.05) is 12.1 Å². The number of benzene rings is 1. The van der Waals surface area contributed by atoms with Gasteiger partial charge in [0.2, 0.25) is 0 Å². The van der Waals surface area contributed by atoms with Crippen LogP contribution in [0.25, 0.3) is 11.3 Å². The van der Waals surface area contributed by atoms with Crippen LogP contribution in [-0.4, -0.2) is 16.2 Å². The summed E-state index contributed by atoms with van der Waals surface area (Å²) in [6.07, 6.45) is 3.80. The molecular formula is C12H13N3S. The zero-order chi connectivity index (χ0) is 11.4. The SMILES string of the molecule is CSc1ccc(-c2ccnc(CN)n2)cc1. The molecule has 2 N–H and O–H groups in total. The summed E-state index contributed by atoms with van der Waals surface area (Å²) in [6.45, 7) is 0.372. The summed E-state index contributed by atoms with van der Waals surface area (Å²) in [7, 11) is 0. The predicted octanol–water partition coefficient (Wildman–Crippen LogP) is 2.32. The zero-order valence-corrected chi connectivity index (χ0v) is 9.87. The number of hydrogen-bond acceptors (Lipinski definition) is 4. The first kappa shape index (κ1) is 11.1. The van der Waals surface area contributed by atoms with E-state index in [-0.39, 0.29) is 0 Å². The van der Waals surface area contributed by atoms with Crippen molar-refractivity contribution in [3.8, 4) is 11.3 Å². The molecule has 1 aromatic carbocycles. The first-order valence-corrected chi connectivity index (χ1v) is 6.22. The Bertz CT molecular complexity index is 468. The highest BCUT2D eigenvalue weighted by atomic mass is 32.2. The van der Waals surface area contributed by atoms with Crippen LogP contribution in [0.15, 0.2) is 41.4 Å². The van der Waals surface area contributed by atoms with Crippen molar-refractivity contribution >= 4 is 11.8 Å². The smallest absolute Gasteiger partial charge is 0.142 e. The molecule has 2 aromatic rings. The van der Waals surface area contributed by atoms with E-state index in [2.05, 4.69) is 40.5 Å². The number of thioether (sulfide) groups is 1. The Balaban J connectivity index is 2.34. The average Bonchev–Trinajstić information content (AvgIpc) is 2.39. The molecule has 1 aromatic heterocycles. The van der Waals surface area contributed by atoms with E-state index in [1.807, 2.05) is 6.07 Å². The van der Waals surface area contributed by atoms with E-state index in [1.165, 1.54) is 4.90 Å². The Hall–Kier alpha value is -1.39. The summed E-state index contributed by atoms with van der Waals surface area (Å²) in [5.41, 5.74) is 7.53. The third-order valence-corrected chi connectivity index (χ3v) is 3.02. The second kappa shape index (κ2) is 5.09. The van der Waals surface area contributed by atoms with Crippen LogP contribution in [-0.2, 0) is 6.54 Å². The van der Waals surface area contributed by atoms with Crippen molar-refractivity contribution < 1.29 is 0 Å². The Kier molecular flexibility index (Phi) is 3.54. The van der Waals surface area contributed by atoms with E-state index in [0.717, 1.165) is 11.3 Å². The lowest BCUT2D eigenvalue weighted by Crippen LogP contribution is -2.02. The zero-order valence-electron chi connectivity index (χ0n) is 9.05. The Morgan fingerprint density at radius 2 is 1.94 bits per heavy atom. The Morgan fingerprint density at radius 1 is 1.19 bits per heavy atom. The summed E-state index contributed by atoms with van der Waals surface area (Å²) in [6, 6.07) is 10.2. The normalized spacial score (nSPS) is 10.4. The molecule has 0 unspecified atom stereocenters. The van der Waals surface area contributed by atoms with E-state index in [1.54, 1.807) is 18.0 Å². The van der Waals surface area contributed by atoms with Gasteiger partial charge < -0.3 is 5.73 Å². The van der Waals surface area contributed by atoms with Crippen molar-refractivity contribution in [2.45, 2.75) is 11.4 Å². The highest BCUT2D eigenvalue weighted by Crippen LogP contribution is 2.21. The van der Waals surface area contributed by atoms with Crippen LogP contribution in [0.3, 0.4) is 0 Å². The van der Waals surface area contributed by atoms with Crippen LogP contribution in [0.2, 0.25) is 0 Å². The summed E-state index contributed by atoms with van der Waals surface area (Å²) in [4.78, 5) is 9.70. The van der Waals surface area contributed by atoms with Gasteiger partial charge in [-0.15, -0.1) is 11.8 Å². The molecule has 0 atom stereocenters. The molecule has 0 saturated heterocycles. The van der Waals surface area contributed by atoms with E-state index < -0.39 is 0 Å². The van der Waals surface area contributed by atoms with Crippen molar-refractivity contribution in [1.82, 2.24) is 9.97 Å². The van der Waals surface area contributed by atoms with Crippen molar-refractivity contribution in [3.05, 3.63) is 42.4 Å². The number of rotatable bonds is 3. The van der Waals surface area contributed by atoms with E-state index >= 15 is 0 Å². The van der Waals surface area contributed by atoms with Gasteiger partial charge in [-0.3, -0.25) is 0 Å². The molecule has 0 aliphatic heterocycles. The van der Waals surface area contributed by atoms with E-state index in [9.17, 15) is 0 Å². The van der Waals surface area contributed by atoms with Gasteiger partial charge in [-0.05, 0) is 24.5 Å². The summed E-state index contributed by atoms with van der Waals surface area (Å²) < 4.78 is 0. The van der Waals surface area contributed by atoms with Gasteiger partial charge in [-0.25, -0.2) is 9.97 Å². The van der Waals surface area contributed by atoms with Crippen LogP contribution in [0.1, 0.15) is 5.82 Å². The molecule has 0 amide bonds. The van der Waals surface area contributed by atoms with Crippen LogP contribution in [0.5, 0.6) is 0 Å². The highest BCUT2D eigenvalue weighted by Gasteiger charge is 2.01. The molecule has 0 bridgehead atoms. The standard InChI is InChI=1S/C12H13N3S/c1-16-10-4-2-9(3-5-10)11-6-7-14-12(8-13)15-11/h2-7H,8,13H2,1H3. The van der Waals surface area contributed by atoms with Crippen molar-refractivity contribution in [1.29, 1.82) is 0 Å². The summed E-state index contributed by atoms with van der Waals surface area (Å²) in [5, 5.41) is 0. The molecule has 2 rings (SSSR count). The third kappa shape index (κ3) is 2.40. The van der Waals surface area contributed by atoms with Crippen molar-refractivity contribution in [2.75, 3.05) is 6.26 Å². The van der Waals surface area contributed by atoms with Gasteiger partial charge in [0.25, 0.3) is 0 Å². The predicted molar refractivity (Wildman–Crippen MR) is 67.1 cm³/mol. The monoisotopic (exact) mass is 231 g/mol. The fourth-order valence-corrected chi connectivity index (χ4v) is 1.83.